The average molecular weight is 336 g/mol. The predicted octanol–water partition coefficient (Wildman–Crippen LogP) is 4.25. The van der Waals surface area contributed by atoms with Crippen molar-refractivity contribution in [2.24, 2.45) is 5.92 Å². The molecule has 0 aliphatic carbocycles. The first-order chi connectivity index (χ1) is 10.9. The Morgan fingerprint density at radius 1 is 1.30 bits per heavy atom. The zero-order valence-electron chi connectivity index (χ0n) is 13.6. The minimum Gasteiger partial charge on any atom is -0.506 e. The maximum Gasteiger partial charge on any atom is 0.227 e. The summed E-state index contributed by atoms with van der Waals surface area (Å²) in [5.41, 5.74) is 0.776. The second kappa shape index (κ2) is 7.55. The third-order valence-corrected chi connectivity index (χ3v) is 4.35. The van der Waals surface area contributed by atoms with Crippen LogP contribution in [0.5, 0.6) is 5.75 Å². The minimum absolute atomic E-state index is 0.00403. The Kier molecular flexibility index (Phi) is 5.72. The van der Waals surface area contributed by atoms with E-state index in [1.165, 1.54) is 6.07 Å². The van der Waals surface area contributed by atoms with Gasteiger partial charge in [-0.2, -0.15) is 0 Å². The third-order valence-electron chi connectivity index (χ3n) is 4.05. The molecule has 0 saturated carbocycles. The summed E-state index contributed by atoms with van der Waals surface area (Å²) in [7, 11) is 0. The molecule has 124 valence electrons. The highest BCUT2D eigenvalue weighted by molar-refractivity contribution is 6.32. The van der Waals surface area contributed by atoms with Crippen molar-refractivity contribution in [1.82, 2.24) is 4.90 Å². The van der Waals surface area contributed by atoms with Crippen LogP contribution in [0, 0.1) is 5.92 Å². The van der Waals surface area contributed by atoms with Crippen molar-refractivity contribution in [2.45, 2.75) is 39.8 Å². The maximum atomic E-state index is 12.8. The van der Waals surface area contributed by atoms with Crippen LogP contribution in [0.4, 0.5) is 0 Å². The number of hydrogen-bond acceptors (Lipinski definition) is 3. The summed E-state index contributed by atoms with van der Waals surface area (Å²) >= 11 is 5.92. The summed E-state index contributed by atoms with van der Waals surface area (Å²) in [5, 5.41) is 9.73. The standard InChI is InChI=1S/C18H22ClNO3/c1-12(2)13(3)20(11-15-5-4-8-23-15)18(22)10-14-6-7-17(21)16(19)9-14/h4-9,12-13,21H,10-11H2,1-3H3/t13-/m0/s1. The van der Waals surface area contributed by atoms with Gasteiger partial charge in [-0.05, 0) is 42.7 Å². The topological polar surface area (TPSA) is 53.7 Å². The quantitative estimate of drug-likeness (QED) is 0.858. The van der Waals surface area contributed by atoms with Gasteiger partial charge in [0, 0.05) is 6.04 Å². The van der Waals surface area contributed by atoms with Crippen LogP contribution in [-0.4, -0.2) is 22.0 Å². The van der Waals surface area contributed by atoms with Crippen molar-refractivity contribution in [2.75, 3.05) is 0 Å². The number of carbonyl (C=O) groups excluding carboxylic acids is 1. The van der Waals surface area contributed by atoms with Crippen LogP contribution in [-0.2, 0) is 17.8 Å². The van der Waals surface area contributed by atoms with E-state index < -0.39 is 0 Å². The SMILES string of the molecule is CC(C)[C@H](C)N(Cc1ccco1)C(=O)Cc1ccc(O)c(Cl)c1. The fourth-order valence-electron chi connectivity index (χ4n) is 2.33. The van der Waals surface area contributed by atoms with Gasteiger partial charge in [0.2, 0.25) is 5.91 Å². The first-order valence-electron chi connectivity index (χ1n) is 7.67. The second-order valence-electron chi connectivity index (χ2n) is 6.05. The maximum absolute atomic E-state index is 12.8. The molecule has 0 radical (unpaired) electrons. The molecule has 0 aliphatic rings. The molecule has 0 spiro atoms. The number of amides is 1. The van der Waals surface area contributed by atoms with Gasteiger partial charge in [0.25, 0.3) is 0 Å². The van der Waals surface area contributed by atoms with Crippen LogP contribution in [0.25, 0.3) is 0 Å². The van der Waals surface area contributed by atoms with Crippen molar-refractivity contribution in [3.05, 3.63) is 52.9 Å². The fraction of sp³-hybridized carbons (Fsp3) is 0.389. The first-order valence-corrected chi connectivity index (χ1v) is 8.05. The molecule has 0 saturated heterocycles. The molecule has 1 amide bonds. The van der Waals surface area contributed by atoms with Gasteiger partial charge < -0.3 is 14.4 Å². The Labute approximate surface area is 141 Å². The van der Waals surface area contributed by atoms with E-state index in [9.17, 15) is 9.90 Å². The number of aromatic hydroxyl groups is 1. The Bertz CT molecular complexity index is 652. The molecule has 1 atom stereocenters. The number of phenolic OH excluding ortho intramolecular Hbond substituents is 1. The van der Waals surface area contributed by atoms with E-state index in [2.05, 4.69) is 13.8 Å². The monoisotopic (exact) mass is 335 g/mol. The Hall–Kier alpha value is -1.94. The number of carbonyl (C=O) groups is 1. The molecule has 5 heteroatoms. The summed E-state index contributed by atoms with van der Waals surface area (Å²) < 4.78 is 5.38. The zero-order chi connectivity index (χ0) is 17.0. The van der Waals surface area contributed by atoms with E-state index in [0.717, 1.165) is 11.3 Å². The lowest BCUT2D eigenvalue weighted by Gasteiger charge is -2.31. The number of nitrogens with zero attached hydrogens (tertiary/aromatic N) is 1. The van der Waals surface area contributed by atoms with Gasteiger partial charge in [0.05, 0.1) is 24.3 Å². The number of rotatable bonds is 6. The lowest BCUT2D eigenvalue weighted by Crippen LogP contribution is -2.41. The van der Waals surface area contributed by atoms with Crippen LogP contribution >= 0.6 is 11.6 Å². The molecule has 1 aromatic heterocycles. The summed E-state index contributed by atoms with van der Waals surface area (Å²) in [6.45, 7) is 6.65. The van der Waals surface area contributed by atoms with Crippen LogP contribution in [0.2, 0.25) is 5.02 Å². The van der Waals surface area contributed by atoms with Crippen molar-refractivity contribution in [1.29, 1.82) is 0 Å². The summed E-state index contributed by atoms with van der Waals surface area (Å²) in [5.74, 6) is 1.11. The third kappa shape index (κ3) is 4.52. The van der Waals surface area contributed by atoms with E-state index in [1.807, 2.05) is 24.0 Å². The molecule has 0 unspecified atom stereocenters. The highest BCUT2D eigenvalue weighted by atomic mass is 35.5. The van der Waals surface area contributed by atoms with Gasteiger partial charge in [0.1, 0.15) is 11.5 Å². The van der Waals surface area contributed by atoms with E-state index in [-0.39, 0.29) is 29.1 Å². The molecule has 0 bridgehead atoms. The summed E-state index contributed by atoms with van der Waals surface area (Å²) in [6.07, 6.45) is 1.84. The average Bonchev–Trinajstić information content (AvgIpc) is 3.00. The number of benzene rings is 1. The van der Waals surface area contributed by atoms with Crippen molar-refractivity contribution in [3.63, 3.8) is 0 Å². The number of hydrogen-bond donors (Lipinski definition) is 1. The summed E-state index contributed by atoms with van der Waals surface area (Å²) in [4.78, 5) is 14.6. The smallest absolute Gasteiger partial charge is 0.227 e. The van der Waals surface area contributed by atoms with Crippen LogP contribution in [0.1, 0.15) is 32.1 Å². The number of furan rings is 1. The predicted molar refractivity (Wildman–Crippen MR) is 90.4 cm³/mol. The van der Waals surface area contributed by atoms with Crippen LogP contribution in [0.3, 0.4) is 0 Å². The molecule has 1 heterocycles. The van der Waals surface area contributed by atoms with Gasteiger partial charge in [-0.3, -0.25) is 4.79 Å². The van der Waals surface area contributed by atoms with E-state index >= 15 is 0 Å². The van der Waals surface area contributed by atoms with E-state index in [4.69, 9.17) is 16.0 Å². The Morgan fingerprint density at radius 2 is 2.04 bits per heavy atom. The van der Waals surface area contributed by atoms with Crippen molar-refractivity contribution >= 4 is 17.5 Å². The highest BCUT2D eigenvalue weighted by Crippen LogP contribution is 2.24. The van der Waals surface area contributed by atoms with Gasteiger partial charge in [-0.1, -0.05) is 31.5 Å². The van der Waals surface area contributed by atoms with Crippen molar-refractivity contribution < 1.29 is 14.3 Å². The highest BCUT2D eigenvalue weighted by Gasteiger charge is 2.24. The number of phenols is 1. The second-order valence-corrected chi connectivity index (χ2v) is 6.46. The lowest BCUT2D eigenvalue weighted by molar-refractivity contribution is -0.134. The van der Waals surface area contributed by atoms with Crippen LogP contribution in [0.15, 0.2) is 41.0 Å². The first kappa shape index (κ1) is 17.4. The molecule has 0 fully saturated rings. The molecule has 1 N–H and O–H groups in total. The number of halogens is 1. The minimum atomic E-state index is 0.00403. The van der Waals surface area contributed by atoms with Crippen molar-refractivity contribution in [3.8, 4) is 5.75 Å². The summed E-state index contributed by atoms with van der Waals surface area (Å²) in [6, 6.07) is 8.61. The van der Waals surface area contributed by atoms with Gasteiger partial charge >= 0.3 is 0 Å². The molecule has 23 heavy (non-hydrogen) atoms. The largest absolute Gasteiger partial charge is 0.506 e. The van der Waals surface area contributed by atoms with E-state index in [0.29, 0.717) is 12.5 Å². The molecule has 4 nitrogen and oxygen atoms in total. The lowest BCUT2D eigenvalue weighted by atomic mass is 10.0. The molecule has 2 rings (SSSR count). The van der Waals surface area contributed by atoms with Gasteiger partial charge in [-0.15, -0.1) is 0 Å². The molecule has 1 aromatic carbocycles. The Morgan fingerprint density at radius 3 is 2.61 bits per heavy atom. The normalized spacial score (nSPS) is 12.4. The van der Waals surface area contributed by atoms with Crippen LogP contribution < -0.4 is 0 Å². The fourth-order valence-corrected chi connectivity index (χ4v) is 2.53. The molecule has 0 aliphatic heterocycles. The molecular formula is C18H22ClNO3. The molecule has 2 aromatic rings. The Balaban J connectivity index is 2.16. The molecular weight excluding hydrogens is 314 g/mol. The van der Waals surface area contributed by atoms with Gasteiger partial charge in [0.15, 0.2) is 0 Å². The van der Waals surface area contributed by atoms with Gasteiger partial charge in [-0.25, -0.2) is 0 Å². The zero-order valence-corrected chi connectivity index (χ0v) is 14.4. The van der Waals surface area contributed by atoms with E-state index in [1.54, 1.807) is 18.4 Å².